The molecule has 0 aliphatic carbocycles. The van der Waals surface area contributed by atoms with Crippen LogP contribution in [0.25, 0.3) is 0 Å². The summed E-state index contributed by atoms with van der Waals surface area (Å²) in [5.41, 5.74) is -0.649. The maximum Gasteiger partial charge on any atom is 0.413 e. The maximum absolute atomic E-state index is 12.1. The zero-order valence-corrected chi connectivity index (χ0v) is 12.0. The van der Waals surface area contributed by atoms with E-state index in [9.17, 15) is 9.59 Å². The van der Waals surface area contributed by atoms with Crippen molar-refractivity contribution in [1.29, 1.82) is 0 Å². The molecule has 3 atom stereocenters. The fourth-order valence-corrected chi connectivity index (χ4v) is 1.80. The van der Waals surface area contributed by atoms with Crippen molar-refractivity contribution in [2.45, 2.75) is 51.7 Å². The zero-order valence-electron chi connectivity index (χ0n) is 12.0. The highest BCUT2D eigenvalue weighted by molar-refractivity contribution is 5.81. The molecule has 6 heteroatoms. The molecular weight excluding hydrogens is 250 g/mol. The van der Waals surface area contributed by atoms with Gasteiger partial charge in [-0.15, -0.1) is 6.58 Å². The minimum atomic E-state index is -1.10. The molecule has 6 nitrogen and oxygen atoms in total. The summed E-state index contributed by atoms with van der Waals surface area (Å²) in [5.74, 6) is -0.637. The van der Waals surface area contributed by atoms with Crippen molar-refractivity contribution < 1.29 is 23.8 Å². The third-order valence-electron chi connectivity index (χ3n) is 2.69. The Morgan fingerprint density at radius 3 is 2.37 bits per heavy atom. The first kappa shape index (κ1) is 15.5. The Morgan fingerprint density at radius 2 is 1.95 bits per heavy atom. The highest BCUT2D eigenvalue weighted by Crippen LogP contribution is 2.27. The first-order valence-corrected chi connectivity index (χ1v) is 6.08. The predicted molar refractivity (Wildman–Crippen MR) is 68.4 cm³/mol. The average Bonchev–Trinajstić information content (AvgIpc) is 2.63. The van der Waals surface area contributed by atoms with Crippen molar-refractivity contribution in [1.82, 2.24) is 4.90 Å². The molecule has 0 saturated carbocycles. The summed E-state index contributed by atoms with van der Waals surface area (Å²) in [6.07, 6.45) is -0.598. The van der Waals surface area contributed by atoms with Crippen molar-refractivity contribution in [3.05, 3.63) is 12.7 Å². The molecule has 0 radical (unpaired) electrons. The lowest BCUT2D eigenvalue weighted by Gasteiger charge is -2.28. The second kappa shape index (κ2) is 5.61. The summed E-state index contributed by atoms with van der Waals surface area (Å²) in [6, 6.07) is -0.351. The Labute approximate surface area is 113 Å². The number of rotatable bonds is 2. The van der Waals surface area contributed by atoms with Crippen LogP contribution in [0, 0.1) is 0 Å². The fraction of sp³-hybridized carbons (Fsp3) is 0.692. The molecule has 0 N–H and O–H groups in total. The van der Waals surface area contributed by atoms with Crippen LogP contribution in [0.3, 0.4) is 0 Å². The van der Waals surface area contributed by atoms with Crippen LogP contribution in [-0.2, 0) is 19.0 Å². The van der Waals surface area contributed by atoms with E-state index in [-0.39, 0.29) is 6.04 Å². The minimum Gasteiger partial charge on any atom is -0.466 e. The van der Waals surface area contributed by atoms with E-state index in [1.165, 1.54) is 12.0 Å². The minimum absolute atomic E-state index is 0.351. The van der Waals surface area contributed by atoms with Crippen LogP contribution in [0.2, 0.25) is 0 Å². The van der Waals surface area contributed by atoms with Gasteiger partial charge in [0.1, 0.15) is 5.60 Å². The van der Waals surface area contributed by atoms with Gasteiger partial charge in [0.15, 0.2) is 0 Å². The summed E-state index contributed by atoms with van der Waals surface area (Å²) in [6.45, 7) is 10.7. The largest absolute Gasteiger partial charge is 0.466 e. The van der Waals surface area contributed by atoms with Gasteiger partial charge < -0.3 is 14.2 Å². The number of amides is 1. The van der Waals surface area contributed by atoms with Gasteiger partial charge in [-0.05, 0) is 27.7 Å². The lowest BCUT2D eigenvalue weighted by atomic mass is 10.2. The van der Waals surface area contributed by atoms with Crippen LogP contribution in [0.1, 0.15) is 27.7 Å². The van der Waals surface area contributed by atoms with E-state index >= 15 is 0 Å². The summed E-state index contributed by atoms with van der Waals surface area (Å²) < 4.78 is 15.4. The van der Waals surface area contributed by atoms with E-state index < -0.39 is 30.0 Å². The molecule has 19 heavy (non-hydrogen) atoms. The van der Waals surface area contributed by atoms with E-state index in [2.05, 4.69) is 11.3 Å². The van der Waals surface area contributed by atoms with Gasteiger partial charge in [0.05, 0.1) is 19.3 Å². The SMILES string of the molecule is C=C[C@@H]1OC(C(=O)OC)N(C(=O)OC(C)(C)C)[C@@H]1C. The Balaban J connectivity index is 2.95. The molecule has 1 amide bonds. The molecule has 1 aliphatic rings. The average molecular weight is 271 g/mol. The van der Waals surface area contributed by atoms with Crippen molar-refractivity contribution in [3.8, 4) is 0 Å². The number of esters is 1. The van der Waals surface area contributed by atoms with Gasteiger partial charge in [-0.2, -0.15) is 0 Å². The molecular formula is C13H21NO5. The number of methoxy groups -OCH3 is 1. The summed E-state index contributed by atoms with van der Waals surface area (Å²) in [4.78, 5) is 25.1. The van der Waals surface area contributed by atoms with Crippen LogP contribution in [0.5, 0.6) is 0 Å². The molecule has 0 aromatic heterocycles. The van der Waals surface area contributed by atoms with E-state index in [0.717, 1.165) is 0 Å². The van der Waals surface area contributed by atoms with Gasteiger partial charge in [-0.25, -0.2) is 9.59 Å². The van der Waals surface area contributed by atoms with Crippen molar-refractivity contribution in [2.75, 3.05) is 7.11 Å². The van der Waals surface area contributed by atoms with Gasteiger partial charge in [0.25, 0.3) is 0 Å². The monoisotopic (exact) mass is 271 g/mol. The lowest BCUT2D eigenvalue weighted by Crippen LogP contribution is -2.47. The third-order valence-corrected chi connectivity index (χ3v) is 2.69. The van der Waals surface area contributed by atoms with Crippen LogP contribution in [-0.4, -0.2) is 48.0 Å². The Morgan fingerprint density at radius 1 is 1.37 bits per heavy atom. The molecule has 1 aliphatic heterocycles. The normalized spacial score (nSPS) is 27.0. The van der Waals surface area contributed by atoms with E-state index in [0.29, 0.717) is 0 Å². The van der Waals surface area contributed by atoms with Crippen molar-refractivity contribution in [3.63, 3.8) is 0 Å². The van der Waals surface area contributed by atoms with Crippen molar-refractivity contribution >= 4 is 12.1 Å². The quantitative estimate of drug-likeness (QED) is 0.565. The Hall–Kier alpha value is -1.56. The highest BCUT2D eigenvalue weighted by atomic mass is 16.6. The first-order chi connectivity index (χ1) is 8.71. The molecule has 1 heterocycles. The molecule has 0 bridgehead atoms. The number of carbonyl (C=O) groups excluding carboxylic acids is 2. The molecule has 1 fully saturated rings. The predicted octanol–water partition coefficient (Wildman–Crippen LogP) is 1.70. The number of hydrogen-bond donors (Lipinski definition) is 0. The van der Waals surface area contributed by atoms with Crippen LogP contribution in [0.4, 0.5) is 4.79 Å². The van der Waals surface area contributed by atoms with E-state index in [1.54, 1.807) is 33.8 Å². The number of nitrogens with zero attached hydrogens (tertiary/aromatic N) is 1. The van der Waals surface area contributed by atoms with Gasteiger partial charge in [0.2, 0.25) is 6.23 Å². The topological polar surface area (TPSA) is 65.1 Å². The van der Waals surface area contributed by atoms with Gasteiger partial charge in [-0.1, -0.05) is 6.08 Å². The number of ether oxygens (including phenoxy) is 3. The van der Waals surface area contributed by atoms with Crippen molar-refractivity contribution in [2.24, 2.45) is 0 Å². The van der Waals surface area contributed by atoms with Crippen LogP contribution >= 0.6 is 0 Å². The van der Waals surface area contributed by atoms with Gasteiger partial charge >= 0.3 is 12.1 Å². The molecule has 108 valence electrons. The fourth-order valence-electron chi connectivity index (χ4n) is 1.80. The van der Waals surface area contributed by atoms with Crippen LogP contribution < -0.4 is 0 Å². The third kappa shape index (κ3) is 3.47. The highest BCUT2D eigenvalue weighted by Gasteiger charge is 2.47. The second-order valence-electron chi connectivity index (χ2n) is 5.34. The summed E-state index contributed by atoms with van der Waals surface area (Å²) in [5, 5.41) is 0. The van der Waals surface area contributed by atoms with E-state index in [1.807, 2.05) is 0 Å². The smallest absolute Gasteiger partial charge is 0.413 e. The molecule has 0 aromatic carbocycles. The first-order valence-electron chi connectivity index (χ1n) is 6.08. The molecule has 1 unspecified atom stereocenters. The maximum atomic E-state index is 12.1. The molecule has 0 aromatic rings. The van der Waals surface area contributed by atoms with Gasteiger partial charge in [0, 0.05) is 0 Å². The van der Waals surface area contributed by atoms with Gasteiger partial charge in [-0.3, -0.25) is 4.90 Å². The Bertz CT molecular complexity index is 374. The van der Waals surface area contributed by atoms with Crippen LogP contribution in [0.15, 0.2) is 12.7 Å². The zero-order chi connectivity index (χ0) is 14.8. The molecule has 1 rings (SSSR count). The summed E-state index contributed by atoms with van der Waals surface area (Å²) >= 11 is 0. The Kier molecular flexibility index (Phi) is 4.57. The number of hydrogen-bond acceptors (Lipinski definition) is 5. The molecule has 0 spiro atoms. The second-order valence-corrected chi connectivity index (χ2v) is 5.34. The standard InChI is InChI=1S/C13H21NO5/c1-7-9-8(2)14(10(18-9)11(15)17-6)12(16)19-13(3,4)5/h7-10H,1H2,2-6H3/t8-,9+,10?/m1/s1. The number of carbonyl (C=O) groups is 2. The molecule has 1 saturated heterocycles. The summed E-state index contributed by atoms with van der Waals surface area (Å²) in [7, 11) is 1.24. The lowest BCUT2D eigenvalue weighted by molar-refractivity contribution is -0.159. The van der Waals surface area contributed by atoms with E-state index in [4.69, 9.17) is 9.47 Å².